The lowest BCUT2D eigenvalue weighted by Gasteiger charge is -2.31. The van der Waals surface area contributed by atoms with Gasteiger partial charge < -0.3 is 10.2 Å². The molecule has 1 aromatic rings. The predicted octanol–water partition coefficient (Wildman–Crippen LogP) is 0.545. The maximum Gasteiger partial charge on any atom is 0.325 e. The normalized spacial score (nSPS) is 18.7. The van der Waals surface area contributed by atoms with Crippen molar-refractivity contribution in [2.45, 2.75) is 49.4 Å². The standard InChI is InChI=1S/C10H16N4O3S/c15-8(16)6-14-9(11-12-13-14)18-7-10(17)4-2-1-3-5-10/h17H,1-7H2,(H,15,16). The molecule has 0 spiro atoms. The summed E-state index contributed by atoms with van der Waals surface area (Å²) < 4.78 is 1.24. The van der Waals surface area contributed by atoms with Crippen molar-refractivity contribution >= 4 is 17.7 Å². The van der Waals surface area contributed by atoms with E-state index in [0.29, 0.717) is 10.9 Å². The first-order valence-corrected chi connectivity index (χ1v) is 6.91. The number of carbonyl (C=O) groups is 1. The fraction of sp³-hybridized carbons (Fsp3) is 0.800. The summed E-state index contributed by atoms with van der Waals surface area (Å²) in [6.45, 7) is -0.256. The van der Waals surface area contributed by atoms with Crippen LogP contribution >= 0.6 is 11.8 Å². The second kappa shape index (κ2) is 5.66. The molecule has 2 N–H and O–H groups in total. The van der Waals surface area contributed by atoms with Crippen molar-refractivity contribution in [3.05, 3.63) is 0 Å². The smallest absolute Gasteiger partial charge is 0.325 e. The molecule has 7 nitrogen and oxygen atoms in total. The number of carboxylic acids is 1. The Morgan fingerprint density at radius 2 is 2.11 bits per heavy atom. The highest BCUT2D eigenvalue weighted by molar-refractivity contribution is 7.99. The maximum absolute atomic E-state index is 10.6. The van der Waals surface area contributed by atoms with E-state index in [1.807, 2.05) is 0 Å². The summed E-state index contributed by atoms with van der Waals surface area (Å²) >= 11 is 1.31. The zero-order valence-corrected chi connectivity index (χ0v) is 10.8. The van der Waals surface area contributed by atoms with Gasteiger partial charge in [0, 0.05) is 5.75 Å². The first-order chi connectivity index (χ1) is 8.59. The molecule has 0 aliphatic heterocycles. The lowest BCUT2D eigenvalue weighted by molar-refractivity contribution is -0.138. The molecular formula is C10H16N4O3S. The molecule has 1 aliphatic rings. The fourth-order valence-electron chi connectivity index (χ4n) is 2.08. The van der Waals surface area contributed by atoms with Gasteiger partial charge in [-0.15, -0.1) is 5.10 Å². The van der Waals surface area contributed by atoms with Gasteiger partial charge in [-0.2, -0.15) is 0 Å². The Kier molecular flexibility index (Phi) is 4.18. The third-order valence-electron chi connectivity index (χ3n) is 3.04. The molecule has 0 saturated heterocycles. The number of aromatic nitrogens is 4. The van der Waals surface area contributed by atoms with Crippen LogP contribution in [0.2, 0.25) is 0 Å². The van der Waals surface area contributed by atoms with Crippen molar-refractivity contribution in [3.63, 3.8) is 0 Å². The molecule has 0 aromatic carbocycles. The number of thioether (sulfide) groups is 1. The van der Waals surface area contributed by atoms with Crippen molar-refractivity contribution in [1.29, 1.82) is 0 Å². The number of rotatable bonds is 5. The van der Waals surface area contributed by atoms with Crippen molar-refractivity contribution in [2.75, 3.05) is 5.75 Å². The lowest BCUT2D eigenvalue weighted by atomic mass is 9.86. The summed E-state index contributed by atoms with van der Waals surface area (Å²) in [5.41, 5.74) is -0.664. The van der Waals surface area contributed by atoms with E-state index < -0.39 is 11.6 Å². The zero-order chi connectivity index (χ0) is 13.0. The molecule has 0 radical (unpaired) electrons. The summed E-state index contributed by atoms with van der Waals surface area (Å²) in [6.07, 6.45) is 4.83. The van der Waals surface area contributed by atoms with Gasteiger partial charge in [-0.3, -0.25) is 4.79 Å². The van der Waals surface area contributed by atoms with Crippen LogP contribution in [-0.2, 0) is 11.3 Å². The Hall–Kier alpha value is -1.15. The minimum atomic E-state index is -0.986. The van der Waals surface area contributed by atoms with Crippen LogP contribution in [0.1, 0.15) is 32.1 Å². The molecule has 1 fully saturated rings. The van der Waals surface area contributed by atoms with E-state index in [-0.39, 0.29) is 6.54 Å². The molecule has 8 heteroatoms. The van der Waals surface area contributed by atoms with E-state index in [4.69, 9.17) is 5.11 Å². The van der Waals surface area contributed by atoms with Crippen LogP contribution < -0.4 is 0 Å². The molecular weight excluding hydrogens is 256 g/mol. The number of tetrazole rings is 1. The van der Waals surface area contributed by atoms with Crippen LogP contribution in [0.15, 0.2) is 5.16 Å². The molecule has 0 amide bonds. The van der Waals surface area contributed by atoms with Crippen molar-refractivity contribution in [2.24, 2.45) is 0 Å². The van der Waals surface area contributed by atoms with Gasteiger partial charge in [0.2, 0.25) is 5.16 Å². The number of aliphatic hydroxyl groups is 1. The summed E-state index contributed by atoms with van der Waals surface area (Å²) in [7, 11) is 0. The van der Waals surface area contributed by atoms with E-state index in [1.54, 1.807) is 0 Å². The Morgan fingerprint density at radius 3 is 2.78 bits per heavy atom. The number of hydrogen-bond donors (Lipinski definition) is 2. The molecule has 1 saturated carbocycles. The Morgan fingerprint density at radius 1 is 1.39 bits per heavy atom. The average molecular weight is 272 g/mol. The molecule has 2 rings (SSSR count). The highest BCUT2D eigenvalue weighted by Crippen LogP contribution is 2.32. The third kappa shape index (κ3) is 3.42. The van der Waals surface area contributed by atoms with Crippen LogP contribution in [0.3, 0.4) is 0 Å². The predicted molar refractivity (Wildman–Crippen MR) is 64.2 cm³/mol. The van der Waals surface area contributed by atoms with Crippen molar-refractivity contribution in [3.8, 4) is 0 Å². The SMILES string of the molecule is O=C(O)Cn1nnnc1SCC1(O)CCCCC1. The topological polar surface area (TPSA) is 101 Å². The van der Waals surface area contributed by atoms with E-state index in [2.05, 4.69) is 15.5 Å². The summed E-state index contributed by atoms with van der Waals surface area (Å²) in [6, 6.07) is 0. The molecule has 18 heavy (non-hydrogen) atoms. The summed E-state index contributed by atoms with van der Waals surface area (Å²) in [5, 5.41) is 30.3. The second-order valence-electron chi connectivity index (χ2n) is 4.59. The zero-order valence-electron chi connectivity index (χ0n) is 9.95. The molecule has 100 valence electrons. The second-order valence-corrected chi connectivity index (χ2v) is 5.53. The average Bonchev–Trinajstić information content (AvgIpc) is 2.74. The molecule has 1 heterocycles. The van der Waals surface area contributed by atoms with E-state index >= 15 is 0 Å². The molecule has 0 bridgehead atoms. The number of hydrogen-bond acceptors (Lipinski definition) is 6. The van der Waals surface area contributed by atoms with Crippen LogP contribution in [-0.4, -0.2) is 47.7 Å². The van der Waals surface area contributed by atoms with Crippen LogP contribution in [0.4, 0.5) is 0 Å². The van der Waals surface area contributed by atoms with Crippen LogP contribution in [0.25, 0.3) is 0 Å². The number of aliphatic carboxylic acids is 1. The summed E-state index contributed by atoms with van der Waals surface area (Å²) in [5.74, 6) is -0.479. The van der Waals surface area contributed by atoms with E-state index in [9.17, 15) is 9.90 Å². The van der Waals surface area contributed by atoms with Crippen molar-refractivity contribution < 1.29 is 15.0 Å². The van der Waals surface area contributed by atoms with Gasteiger partial charge in [-0.25, -0.2) is 4.68 Å². The van der Waals surface area contributed by atoms with Gasteiger partial charge in [-0.05, 0) is 23.3 Å². The molecule has 0 unspecified atom stereocenters. The maximum atomic E-state index is 10.6. The van der Waals surface area contributed by atoms with Gasteiger partial charge in [0.1, 0.15) is 6.54 Å². The Balaban J connectivity index is 1.93. The quantitative estimate of drug-likeness (QED) is 0.754. The Bertz CT molecular complexity index is 417. The Labute approximate surface area is 109 Å². The monoisotopic (exact) mass is 272 g/mol. The first kappa shape index (κ1) is 13.3. The van der Waals surface area contributed by atoms with E-state index in [0.717, 1.165) is 25.7 Å². The molecule has 0 atom stereocenters. The van der Waals surface area contributed by atoms with Gasteiger partial charge in [0.25, 0.3) is 0 Å². The largest absolute Gasteiger partial charge is 0.480 e. The highest BCUT2D eigenvalue weighted by Gasteiger charge is 2.30. The van der Waals surface area contributed by atoms with Gasteiger partial charge >= 0.3 is 5.97 Å². The fourth-order valence-corrected chi connectivity index (χ4v) is 3.11. The molecule has 1 aliphatic carbocycles. The first-order valence-electron chi connectivity index (χ1n) is 5.92. The third-order valence-corrected chi connectivity index (χ3v) is 4.27. The van der Waals surface area contributed by atoms with Gasteiger partial charge in [0.15, 0.2) is 0 Å². The van der Waals surface area contributed by atoms with Crippen molar-refractivity contribution in [1.82, 2.24) is 20.2 Å². The highest BCUT2D eigenvalue weighted by atomic mass is 32.2. The van der Waals surface area contributed by atoms with Gasteiger partial charge in [0.05, 0.1) is 5.60 Å². The summed E-state index contributed by atoms with van der Waals surface area (Å²) in [4.78, 5) is 10.6. The van der Waals surface area contributed by atoms with Gasteiger partial charge in [-0.1, -0.05) is 31.0 Å². The molecule has 1 aromatic heterocycles. The van der Waals surface area contributed by atoms with Crippen LogP contribution in [0.5, 0.6) is 0 Å². The van der Waals surface area contributed by atoms with Crippen LogP contribution in [0, 0.1) is 0 Å². The lowest BCUT2D eigenvalue weighted by Crippen LogP contribution is -2.34. The number of nitrogens with zero attached hydrogens (tertiary/aromatic N) is 4. The van der Waals surface area contributed by atoms with E-state index in [1.165, 1.54) is 22.9 Å². The number of carboxylic acid groups (broad SMARTS) is 1. The minimum Gasteiger partial charge on any atom is -0.480 e. The minimum absolute atomic E-state index is 0.256.